The lowest BCUT2D eigenvalue weighted by molar-refractivity contribution is 0.0734. The quantitative estimate of drug-likeness (QED) is 0.802. The normalized spacial score (nSPS) is 12.5. The predicted octanol–water partition coefficient (Wildman–Crippen LogP) is 1.64. The fraction of sp³-hybridized carbons (Fsp3) is 0.500. The molecule has 15 heavy (non-hydrogen) atoms. The van der Waals surface area contributed by atoms with Crippen LogP contribution in [0.15, 0.2) is 16.5 Å². The molecule has 0 fully saturated rings. The molecule has 1 rings (SSSR count). The van der Waals surface area contributed by atoms with E-state index in [-0.39, 0.29) is 30.2 Å². The van der Waals surface area contributed by atoms with E-state index in [1.165, 1.54) is 4.90 Å². The molecule has 0 spiro atoms. The average Bonchev–Trinajstić information content (AvgIpc) is 2.65. The third-order valence-electron chi connectivity index (χ3n) is 2.01. The van der Waals surface area contributed by atoms with Crippen molar-refractivity contribution in [2.75, 3.05) is 20.2 Å². The van der Waals surface area contributed by atoms with E-state index in [1.54, 1.807) is 26.1 Å². The van der Waals surface area contributed by atoms with Gasteiger partial charge in [0.2, 0.25) is 0 Å². The second kappa shape index (κ2) is 5.19. The molecule has 1 amide bonds. The largest absolute Gasteiger partial charge is 0.454 e. The molecule has 1 atom stereocenters. The van der Waals surface area contributed by atoms with Gasteiger partial charge in [-0.3, -0.25) is 4.79 Å². The first-order valence-corrected chi connectivity index (χ1v) is 5.10. The van der Waals surface area contributed by atoms with E-state index < -0.39 is 0 Å². The van der Waals surface area contributed by atoms with Gasteiger partial charge in [0.25, 0.3) is 5.91 Å². The molecule has 1 aromatic heterocycles. The zero-order valence-corrected chi connectivity index (χ0v) is 9.49. The SMILES string of the molecule is CC(Cl)c1ccc(C(=O)N(C)CCO)o1. The van der Waals surface area contributed by atoms with Crippen molar-refractivity contribution >= 4 is 17.5 Å². The maximum atomic E-state index is 11.6. The van der Waals surface area contributed by atoms with Crippen LogP contribution in [0.5, 0.6) is 0 Å². The number of aliphatic hydroxyl groups is 1. The van der Waals surface area contributed by atoms with E-state index >= 15 is 0 Å². The number of halogens is 1. The van der Waals surface area contributed by atoms with Crippen LogP contribution in [0.3, 0.4) is 0 Å². The topological polar surface area (TPSA) is 53.7 Å². The van der Waals surface area contributed by atoms with Crippen molar-refractivity contribution in [1.29, 1.82) is 0 Å². The molecule has 0 radical (unpaired) electrons. The fourth-order valence-corrected chi connectivity index (χ4v) is 1.24. The van der Waals surface area contributed by atoms with E-state index in [2.05, 4.69) is 0 Å². The Bertz CT molecular complexity index is 335. The minimum absolute atomic E-state index is 0.0677. The fourth-order valence-electron chi connectivity index (χ4n) is 1.12. The first-order valence-electron chi connectivity index (χ1n) is 4.66. The molecule has 1 N–H and O–H groups in total. The summed E-state index contributed by atoms with van der Waals surface area (Å²) in [6.07, 6.45) is 0. The van der Waals surface area contributed by atoms with Gasteiger partial charge in [-0.25, -0.2) is 0 Å². The van der Waals surface area contributed by atoms with E-state index in [0.29, 0.717) is 5.76 Å². The molecule has 0 saturated heterocycles. The lowest BCUT2D eigenvalue weighted by atomic mass is 10.3. The summed E-state index contributed by atoms with van der Waals surface area (Å²) in [5.41, 5.74) is 0. The minimum Gasteiger partial charge on any atom is -0.454 e. The number of rotatable bonds is 4. The molecule has 0 aromatic carbocycles. The van der Waals surface area contributed by atoms with E-state index in [4.69, 9.17) is 21.1 Å². The van der Waals surface area contributed by atoms with E-state index in [1.807, 2.05) is 0 Å². The number of hydrogen-bond acceptors (Lipinski definition) is 3. The van der Waals surface area contributed by atoms with Crippen LogP contribution < -0.4 is 0 Å². The number of amides is 1. The van der Waals surface area contributed by atoms with Crippen molar-refractivity contribution < 1.29 is 14.3 Å². The molecule has 0 bridgehead atoms. The number of alkyl halides is 1. The Hall–Kier alpha value is -1.00. The van der Waals surface area contributed by atoms with Gasteiger partial charge in [-0.2, -0.15) is 0 Å². The lowest BCUT2D eigenvalue weighted by Crippen LogP contribution is -2.29. The van der Waals surface area contributed by atoms with Gasteiger partial charge in [-0.15, -0.1) is 11.6 Å². The monoisotopic (exact) mass is 231 g/mol. The second-order valence-corrected chi connectivity index (χ2v) is 3.92. The summed E-state index contributed by atoms with van der Waals surface area (Å²) < 4.78 is 5.27. The maximum Gasteiger partial charge on any atom is 0.289 e. The summed E-state index contributed by atoms with van der Waals surface area (Å²) >= 11 is 5.80. The zero-order valence-electron chi connectivity index (χ0n) is 8.74. The number of carbonyl (C=O) groups excluding carboxylic acids is 1. The summed E-state index contributed by atoms with van der Waals surface area (Å²) in [5, 5.41) is 8.43. The number of likely N-dealkylation sites (N-methyl/N-ethyl adjacent to an activating group) is 1. The van der Waals surface area contributed by atoms with Crippen LogP contribution in [0.2, 0.25) is 0 Å². The molecule has 0 aliphatic carbocycles. The minimum atomic E-state index is -0.257. The highest BCUT2D eigenvalue weighted by molar-refractivity contribution is 6.20. The van der Waals surface area contributed by atoms with Crippen LogP contribution >= 0.6 is 11.6 Å². The molecule has 1 aromatic rings. The van der Waals surface area contributed by atoms with E-state index in [9.17, 15) is 4.79 Å². The van der Waals surface area contributed by atoms with Gasteiger partial charge in [-0.1, -0.05) is 0 Å². The molecule has 0 aliphatic heterocycles. The summed E-state index contributed by atoms with van der Waals surface area (Å²) in [5.74, 6) is 0.554. The van der Waals surface area contributed by atoms with Gasteiger partial charge in [0, 0.05) is 13.6 Å². The average molecular weight is 232 g/mol. The third-order valence-corrected chi connectivity index (χ3v) is 2.23. The van der Waals surface area contributed by atoms with Crippen LogP contribution in [-0.2, 0) is 0 Å². The molecule has 84 valence electrons. The van der Waals surface area contributed by atoms with Crippen molar-refractivity contribution in [3.8, 4) is 0 Å². The second-order valence-electron chi connectivity index (χ2n) is 3.27. The maximum absolute atomic E-state index is 11.6. The van der Waals surface area contributed by atoms with Crippen molar-refractivity contribution in [2.24, 2.45) is 0 Å². The number of hydrogen-bond donors (Lipinski definition) is 1. The van der Waals surface area contributed by atoms with Crippen LogP contribution in [0.1, 0.15) is 28.6 Å². The van der Waals surface area contributed by atoms with Crippen molar-refractivity contribution in [2.45, 2.75) is 12.3 Å². The first kappa shape index (κ1) is 12.1. The smallest absolute Gasteiger partial charge is 0.289 e. The Morgan fingerprint density at radius 3 is 2.80 bits per heavy atom. The summed E-state index contributed by atoms with van der Waals surface area (Å²) in [6.45, 7) is 1.99. The lowest BCUT2D eigenvalue weighted by Gasteiger charge is -2.13. The number of aliphatic hydroxyl groups excluding tert-OH is 1. The first-order chi connectivity index (χ1) is 7.06. The summed E-state index contributed by atoms with van der Waals surface area (Å²) in [6, 6.07) is 3.27. The highest BCUT2D eigenvalue weighted by Crippen LogP contribution is 2.22. The van der Waals surface area contributed by atoms with Crippen LogP contribution in [-0.4, -0.2) is 36.1 Å². The molecule has 0 aliphatic rings. The van der Waals surface area contributed by atoms with Crippen molar-refractivity contribution in [3.05, 3.63) is 23.7 Å². The number of carbonyl (C=O) groups is 1. The van der Waals surface area contributed by atoms with Gasteiger partial charge >= 0.3 is 0 Å². The Kier molecular flexibility index (Phi) is 4.17. The Morgan fingerprint density at radius 2 is 2.33 bits per heavy atom. The van der Waals surface area contributed by atoms with Crippen molar-refractivity contribution in [3.63, 3.8) is 0 Å². The standard InChI is InChI=1S/C10H14ClNO3/c1-7(11)8-3-4-9(15-8)10(14)12(2)5-6-13/h3-4,7,13H,5-6H2,1-2H3. The molecule has 5 heteroatoms. The Balaban J connectivity index is 2.74. The molecular formula is C10H14ClNO3. The third kappa shape index (κ3) is 2.97. The highest BCUT2D eigenvalue weighted by Gasteiger charge is 2.16. The summed E-state index contributed by atoms with van der Waals surface area (Å²) in [4.78, 5) is 13.0. The number of furan rings is 1. The van der Waals surface area contributed by atoms with Gasteiger partial charge in [0.1, 0.15) is 5.76 Å². The van der Waals surface area contributed by atoms with Gasteiger partial charge < -0.3 is 14.4 Å². The van der Waals surface area contributed by atoms with Crippen molar-refractivity contribution in [1.82, 2.24) is 4.90 Å². The zero-order chi connectivity index (χ0) is 11.4. The van der Waals surface area contributed by atoms with Gasteiger partial charge in [0.15, 0.2) is 5.76 Å². The summed E-state index contributed by atoms with van der Waals surface area (Å²) in [7, 11) is 1.60. The number of nitrogens with zero attached hydrogens (tertiary/aromatic N) is 1. The van der Waals surface area contributed by atoms with Crippen LogP contribution in [0, 0.1) is 0 Å². The van der Waals surface area contributed by atoms with Crippen LogP contribution in [0.25, 0.3) is 0 Å². The molecule has 4 nitrogen and oxygen atoms in total. The predicted molar refractivity (Wildman–Crippen MR) is 57.0 cm³/mol. The Labute approximate surface area is 93.4 Å². The van der Waals surface area contributed by atoms with E-state index in [0.717, 1.165) is 0 Å². The van der Waals surface area contributed by atoms with Gasteiger partial charge in [-0.05, 0) is 19.1 Å². The molecule has 0 saturated carbocycles. The molecular weight excluding hydrogens is 218 g/mol. The van der Waals surface area contributed by atoms with Crippen LogP contribution in [0.4, 0.5) is 0 Å². The van der Waals surface area contributed by atoms with Gasteiger partial charge in [0.05, 0.1) is 12.0 Å². The molecule has 1 unspecified atom stereocenters. The molecule has 1 heterocycles. The highest BCUT2D eigenvalue weighted by atomic mass is 35.5. The Morgan fingerprint density at radius 1 is 1.67 bits per heavy atom.